The first kappa shape index (κ1) is 11.9. The van der Waals surface area contributed by atoms with Crippen LogP contribution in [-0.4, -0.2) is 43.8 Å². The number of halogens is 1. The summed E-state index contributed by atoms with van der Waals surface area (Å²) in [6, 6.07) is 0.528. The molecule has 0 aliphatic heterocycles. The Kier molecular flexibility index (Phi) is 4.75. The number of hydrogen-bond acceptors (Lipinski definition) is 3. The molecule has 1 rings (SSSR count). The van der Waals surface area contributed by atoms with Crippen LogP contribution < -0.4 is 5.73 Å². The van der Waals surface area contributed by atoms with E-state index in [-0.39, 0.29) is 12.4 Å². The average Bonchev–Trinajstić information content (AvgIpc) is 2.63. The highest BCUT2D eigenvalue weighted by molar-refractivity contribution is 6.07. The van der Waals surface area contributed by atoms with Crippen molar-refractivity contribution in [3.63, 3.8) is 0 Å². The lowest BCUT2D eigenvalue weighted by Crippen LogP contribution is -2.19. The molecule has 1 fully saturated rings. The van der Waals surface area contributed by atoms with Crippen LogP contribution in [0.15, 0.2) is 4.99 Å². The zero-order chi connectivity index (χ0) is 8.43. The van der Waals surface area contributed by atoms with E-state index in [2.05, 4.69) is 30.9 Å². The van der Waals surface area contributed by atoms with Crippen molar-refractivity contribution in [2.45, 2.75) is 13.0 Å². The molecule has 1 saturated carbocycles. The van der Waals surface area contributed by atoms with E-state index in [0.29, 0.717) is 12.0 Å². The maximum Gasteiger partial charge on any atom is 0.0569 e. The summed E-state index contributed by atoms with van der Waals surface area (Å²) in [6.45, 7) is 3.68. The molecule has 12 heavy (non-hydrogen) atoms. The standard InChI is InChI=1S/C8H17N3.ClH/c1-4-10-7-6(5-9)8(7)11(2)3;/h6,8H,4-5,9H2,1-3H3;1H. The van der Waals surface area contributed by atoms with Gasteiger partial charge in [0, 0.05) is 24.7 Å². The van der Waals surface area contributed by atoms with Crippen molar-refractivity contribution >= 4 is 18.1 Å². The Morgan fingerprint density at radius 3 is 2.33 bits per heavy atom. The van der Waals surface area contributed by atoms with Gasteiger partial charge < -0.3 is 10.6 Å². The number of aliphatic imine (C=N–C) groups is 1. The molecule has 0 spiro atoms. The van der Waals surface area contributed by atoms with Crippen LogP contribution in [0.4, 0.5) is 0 Å². The van der Waals surface area contributed by atoms with Gasteiger partial charge in [0.1, 0.15) is 0 Å². The average molecular weight is 192 g/mol. The van der Waals surface area contributed by atoms with Gasteiger partial charge in [-0.2, -0.15) is 0 Å². The minimum absolute atomic E-state index is 0. The zero-order valence-electron chi connectivity index (χ0n) is 7.95. The molecule has 0 radical (unpaired) electrons. The summed E-state index contributed by atoms with van der Waals surface area (Å²) in [4.78, 5) is 6.57. The van der Waals surface area contributed by atoms with Crippen molar-refractivity contribution in [2.24, 2.45) is 16.6 Å². The minimum atomic E-state index is 0. The first-order valence-electron chi connectivity index (χ1n) is 4.13. The second kappa shape index (κ2) is 4.80. The van der Waals surface area contributed by atoms with Gasteiger partial charge >= 0.3 is 0 Å². The van der Waals surface area contributed by atoms with Crippen molar-refractivity contribution in [1.82, 2.24) is 4.90 Å². The van der Waals surface area contributed by atoms with Crippen LogP contribution in [0.5, 0.6) is 0 Å². The molecule has 0 heterocycles. The Balaban J connectivity index is 0.00000121. The summed E-state index contributed by atoms with van der Waals surface area (Å²) < 4.78 is 0. The third kappa shape index (κ3) is 2.19. The molecule has 1 aliphatic carbocycles. The smallest absolute Gasteiger partial charge is 0.0569 e. The fraction of sp³-hybridized carbons (Fsp3) is 0.875. The van der Waals surface area contributed by atoms with E-state index >= 15 is 0 Å². The Bertz CT molecular complexity index is 168. The molecule has 3 nitrogen and oxygen atoms in total. The predicted molar refractivity (Wildman–Crippen MR) is 55.2 cm³/mol. The number of nitrogens with two attached hydrogens (primary N) is 1. The fourth-order valence-corrected chi connectivity index (χ4v) is 1.55. The van der Waals surface area contributed by atoms with Gasteiger partial charge in [0.2, 0.25) is 0 Å². The SMILES string of the molecule is CCN=C1C(CN)C1N(C)C.Cl. The molecule has 2 atom stereocenters. The number of nitrogens with zero attached hydrogens (tertiary/aromatic N) is 2. The molecule has 2 unspecified atom stereocenters. The Labute approximate surface area is 80.4 Å². The van der Waals surface area contributed by atoms with E-state index in [0.717, 1.165) is 13.1 Å². The van der Waals surface area contributed by atoms with Crippen molar-refractivity contribution in [1.29, 1.82) is 0 Å². The highest BCUT2D eigenvalue weighted by Crippen LogP contribution is 2.29. The molecule has 0 bridgehead atoms. The summed E-state index contributed by atoms with van der Waals surface area (Å²) in [7, 11) is 4.15. The van der Waals surface area contributed by atoms with Gasteiger partial charge in [0.15, 0.2) is 0 Å². The second-order valence-electron chi connectivity index (χ2n) is 3.15. The van der Waals surface area contributed by atoms with Gasteiger partial charge in [0.05, 0.1) is 6.04 Å². The van der Waals surface area contributed by atoms with E-state index in [1.807, 2.05) is 0 Å². The van der Waals surface area contributed by atoms with Gasteiger partial charge in [-0.25, -0.2) is 0 Å². The first-order chi connectivity index (χ1) is 5.22. The van der Waals surface area contributed by atoms with Crippen LogP contribution in [0.1, 0.15) is 6.92 Å². The molecule has 0 aromatic rings. The largest absolute Gasteiger partial charge is 0.330 e. The fourth-order valence-electron chi connectivity index (χ4n) is 1.55. The topological polar surface area (TPSA) is 41.6 Å². The lowest BCUT2D eigenvalue weighted by molar-refractivity contribution is 0.388. The molecule has 4 heteroatoms. The normalized spacial score (nSPS) is 30.6. The van der Waals surface area contributed by atoms with Crippen LogP contribution in [0.3, 0.4) is 0 Å². The summed E-state index contributed by atoms with van der Waals surface area (Å²) in [5.41, 5.74) is 6.87. The van der Waals surface area contributed by atoms with Gasteiger partial charge in [0.25, 0.3) is 0 Å². The quantitative estimate of drug-likeness (QED) is 0.702. The third-order valence-corrected chi connectivity index (χ3v) is 2.11. The number of rotatable bonds is 3. The van der Waals surface area contributed by atoms with E-state index in [1.54, 1.807) is 0 Å². The highest BCUT2D eigenvalue weighted by Gasteiger charge is 2.46. The molecule has 72 valence electrons. The zero-order valence-corrected chi connectivity index (χ0v) is 8.77. The predicted octanol–water partition coefficient (Wildman–Crippen LogP) is 0.388. The maximum atomic E-state index is 5.58. The van der Waals surface area contributed by atoms with Gasteiger partial charge in [-0.15, -0.1) is 12.4 Å². The highest BCUT2D eigenvalue weighted by atomic mass is 35.5. The Morgan fingerprint density at radius 1 is 1.50 bits per heavy atom. The molecule has 1 aliphatic rings. The van der Waals surface area contributed by atoms with Crippen LogP contribution in [0.2, 0.25) is 0 Å². The van der Waals surface area contributed by atoms with E-state index < -0.39 is 0 Å². The van der Waals surface area contributed by atoms with E-state index in [9.17, 15) is 0 Å². The second-order valence-corrected chi connectivity index (χ2v) is 3.15. The summed E-state index contributed by atoms with van der Waals surface area (Å²) >= 11 is 0. The van der Waals surface area contributed by atoms with E-state index in [4.69, 9.17) is 5.73 Å². The lowest BCUT2D eigenvalue weighted by Gasteiger charge is -2.05. The molecular formula is C8H18ClN3. The molecule has 0 amide bonds. The minimum Gasteiger partial charge on any atom is -0.330 e. The Morgan fingerprint density at radius 2 is 2.08 bits per heavy atom. The van der Waals surface area contributed by atoms with E-state index in [1.165, 1.54) is 5.71 Å². The molecule has 2 N–H and O–H groups in total. The van der Waals surface area contributed by atoms with Crippen molar-refractivity contribution in [2.75, 3.05) is 27.2 Å². The molecule has 0 aromatic heterocycles. The number of hydrogen-bond donors (Lipinski definition) is 1. The van der Waals surface area contributed by atoms with Gasteiger partial charge in [-0.05, 0) is 21.0 Å². The monoisotopic (exact) mass is 191 g/mol. The van der Waals surface area contributed by atoms with Crippen LogP contribution in [0, 0.1) is 5.92 Å². The van der Waals surface area contributed by atoms with Crippen LogP contribution in [-0.2, 0) is 0 Å². The summed E-state index contributed by atoms with van der Waals surface area (Å²) in [6.07, 6.45) is 0. The van der Waals surface area contributed by atoms with Crippen molar-refractivity contribution < 1.29 is 0 Å². The van der Waals surface area contributed by atoms with Crippen molar-refractivity contribution in [3.8, 4) is 0 Å². The molecule has 0 saturated heterocycles. The van der Waals surface area contributed by atoms with Gasteiger partial charge in [-0.1, -0.05) is 0 Å². The van der Waals surface area contributed by atoms with Crippen LogP contribution in [0.25, 0.3) is 0 Å². The van der Waals surface area contributed by atoms with Crippen LogP contribution >= 0.6 is 12.4 Å². The lowest BCUT2D eigenvalue weighted by atomic mass is 10.4. The molecule has 0 aromatic carbocycles. The first-order valence-corrected chi connectivity index (χ1v) is 4.13. The van der Waals surface area contributed by atoms with Gasteiger partial charge in [-0.3, -0.25) is 4.99 Å². The molecular weight excluding hydrogens is 174 g/mol. The maximum absolute atomic E-state index is 5.58. The third-order valence-electron chi connectivity index (χ3n) is 2.11. The summed E-state index contributed by atoms with van der Waals surface area (Å²) in [5.74, 6) is 0.532. The van der Waals surface area contributed by atoms with Crippen molar-refractivity contribution in [3.05, 3.63) is 0 Å². The Hall–Kier alpha value is -0.120. The summed E-state index contributed by atoms with van der Waals surface area (Å²) in [5, 5.41) is 0.